The van der Waals surface area contributed by atoms with Crippen LogP contribution < -0.4 is 11.3 Å². The summed E-state index contributed by atoms with van der Waals surface area (Å²) in [6, 6.07) is 2.27. The summed E-state index contributed by atoms with van der Waals surface area (Å²) < 4.78 is 1.85. The van der Waals surface area contributed by atoms with Crippen molar-refractivity contribution in [2.24, 2.45) is 30.1 Å². The molecule has 108 valence electrons. The van der Waals surface area contributed by atoms with Gasteiger partial charge in [-0.1, -0.05) is 20.8 Å². The minimum atomic E-state index is 0.196. The van der Waals surface area contributed by atoms with Crippen LogP contribution >= 0.6 is 0 Å². The Kier molecular flexibility index (Phi) is 4.31. The fraction of sp³-hybridized carbons (Fsp3) is 0.800. The highest BCUT2D eigenvalue weighted by Crippen LogP contribution is 2.42. The largest absolute Gasteiger partial charge is 0.275 e. The molecule has 1 fully saturated rings. The van der Waals surface area contributed by atoms with E-state index < -0.39 is 0 Å². The maximum atomic E-state index is 5.77. The lowest BCUT2D eigenvalue weighted by atomic mass is 9.68. The van der Waals surface area contributed by atoms with Crippen molar-refractivity contribution < 1.29 is 0 Å². The molecule has 4 nitrogen and oxygen atoms in total. The molecule has 1 aromatic heterocycles. The zero-order chi connectivity index (χ0) is 14.0. The third-order valence-electron chi connectivity index (χ3n) is 4.70. The van der Waals surface area contributed by atoms with Crippen LogP contribution in [0.4, 0.5) is 0 Å². The van der Waals surface area contributed by atoms with Gasteiger partial charge in [-0.3, -0.25) is 16.0 Å². The Morgan fingerprint density at radius 3 is 2.37 bits per heavy atom. The quantitative estimate of drug-likeness (QED) is 0.652. The monoisotopic (exact) mass is 264 g/mol. The molecule has 0 bridgehead atoms. The first-order valence-corrected chi connectivity index (χ1v) is 7.37. The average molecular weight is 264 g/mol. The van der Waals surface area contributed by atoms with E-state index in [2.05, 4.69) is 37.4 Å². The van der Waals surface area contributed by atoms with E-state index in [0.717, 1.165) is 11.6 Å². The molecule has 1 aromatic rings. The van der Waals surface area contributed by atoms with Crippen molar-refractivity contribution in [1.29, 1.82) is 0 Å². The Balaban J connectivity index is 1.99. The van der Waals surface area contributed by atoms with E-state index in [-0.39, 0.29) is 6.04 Å². The van der Waals surface area contributed by atoms with Crippen LogP contribution in [0.15, 0.2) is 12.3 Å². The molecular formula is C15H28N4. The molecule has 1 atom stereocenters. The lowest BCUT2D eigenvalue weighted by molar-refractivity contribution is 0.131. The zero-order valence-corrected chi connectivity index (χ0v) is 12.7. The second-order valence-electron chi connectivity index (χ2n) is 7.04. The van der Waals surface area contributed by atoms with Crippen LogP contribution in [0, 0.1) is 17.3 Å². The number of hydrogen-bond acceptors (Lipinski definition) is 3. The van der Waals surface area contributed by atoms with Gasteiger partial charge in [-0.15, -0.1) is 0 Å². The smallest absolute Gasteiger partial charge is 0.0810 e. The van der Waals surface area contributed by atoms with Crippen molar-refractivity contribution in [3.8, 4) is 0 Å². The molecule has 0 radical (unpaired) electrons. The predicted molar refractivity (Wildman–Crippen MR) is 78.2 cm³/mol. The second-order valence-corrected chi connectivity index (χ2v) is 7.04. The summed E-state index contributed by atoms with van der Waals surface area (Å²) in [5.41, 5.74) is 4.48. The molecule has 2 rings (SSSR count). The first kappa shape index (κ1) is 14.5. The minimum Gasteiger partial charge on any atom is -0.275 e. The van der Waals surface area contributed by atoms with E-state index in [0.29, 0.717) is 11.3 Å². The molecule has 3 N–H and O–H groups in total. The predicted octanol–water partition coefficient (Wildman–Crippen LogP) is 2.78. The molecule has 1 aliphatic rings. The molecule has 1 saturated carbocycles. The average Bonchev–Trinajstić information content (AvgIpc) is 2.76. The van der Waals surface area contributed by atoms with E-state index in [9.17, 15) is 0 Å². The Hall–Kier alpha value is -0.870. The highest BCUT2D eigenvalue weighted by Gasteiger charge is 2.33. The Morgan fingerprint density at radius 2 is 1.95 bits per heavy atom. The number of hydrazine groups is 1. The molecule has 0 saturated heterocycles. The van der Waals surface area contributed by atoms with Gasteiger partial charge in [-0.25, -0.2) is 0 Å². The lowest BCUT2D eigenvalue weighted by Crippen LogP contribution is -2.37. The number of hydrogen-bond donors (Lipinski definition) is 2. The molecule has 0 aliphatic heterocycles. The van der Waals surface area contributed by atoms with Crippen molar-refractivity contribution in [2.45, 2.75) is 52.5 Å². The summed E-state index contributed by atoms with van der Waals surface area (Å²) in [6.45, 7) is 7.07. The SMILES string of the molecule is Cn1ccc(C(NN)C2CCC(C(C)(C)C)CC2)n1. The van der Waals surface area contributed by atoms with Gasteiger partial charge in [0.2, 0.25) is 0 Å². The number of aromatic nitrogens is 2. The van der Waals surface area contributed by atoms with Crippen molar-refractivity contribution in [1.82, 2.24) is 15.2 Å². The maximum absolute atomic E-state index is 5.77. The fourth-order valence-corrected chi connectivity index (χ4v) is 3.38. The Bertz CT molecular complexity index is 397. The van der Waals surface area contributed by atoms with Gasteiger partial charge in [0.05, 0.1) is 11.7 Å². The van der Waals surface area contributed by atoms with Crippen LogP contribution in [0.25, 0.3) is 0 Å². The highest BCUT2D eigenvalue weighted by atomic mass is 15.3. The van der Waals surface area contributed by atoms with Crippen LogP contribution in [0.5, 0.6) is 0 Å². The highest BCUT2D eigenvalue weighted by molar-refractivity contribution is 5.07. The van der Waals surface area contributed by atoms with E-state index in [1.54, 1.807) is 0 Å². The molecule has 1 unspecified atom stereocenters. The number of nitrogens with two attached hydrogens (primary N) is 1. The molecule has 0 aromatic carbocycles. The summed E-state index contributed by atoms with van der Waals surface area (Å²) >= 11 is 0. The summed E-state index contributed by atoms with van der Waals surface area (Å²) in [7, 11) is 1.95. The van der Waals surface area contributed by atoms with Crippen molar-refractivity contribution in [2.75, 3.05) is 0 Å². The van der Waals surface area contributed by atoms with E-state index >= 15 is 0 Å². The summed E-state index contributed by atoms with van der Waals surface area (Å²) in [5.74, 6) is 7.21. The molecule has 19 heavy (non-hydrogen) atoms. The van der Waals surface area contributed by atoms with Crippen LogP contribution in [0.2, 0.25) is 0 Å². The van der Waals surface area contributed by atoms with E-state index in [4.69, 9.17) is 5.84 Å². The van der Waals surface area contributed by atoms with Gasteiger partial charge in [-0.2, -0.15) is 5.10 Å². The summed E-state index contributed by atoms with van der Waals surface area (Å²) in [6.07, 6.45) is 7.08. The molecular weight excluding hydrogens is 236 g/mol. The third kappa shape index (κ3) is 3.37. The van der Waals surface area contributed by atoms with Gasteiger partial charge >= 0.3 is 0 Å². The van der Waals surface area contributed by atoms with Crippen molar-refractivity contribution in [3.63, 3.8) is 0 Å². The number of aryl methyl sites for hydroxylation is 1. The summed E-state index contributed by atoms with van der Waals surface area (Å²) in [5, 5.41) is 4.50. The van der Waals surface area contributed by atoms with Gasteiger partial charge in [0, 0.05) is 13.2 Å². The number of nitrogens with one attached hydrogen (secondary N) is 1. The standard InChI is InChI=1S/C15H28N4/c1-15(2,3)12-7-5-11(6-8-12)14(17-16)13-9-10-19(4)18-13/h9-12,14,17H,5-8,16H2,1-4H3. The zero-order valence-electron chi connectivity index (χ0n) is 12.7. The first-order valence-electron chi connectivity index (χ1n) is 7.37. The van der Waals surface area contributed by atoms with Gasteiger partial charge in [0.15, 0.2) is 0 Å². The summed E-state index contributed by atoms with van der Waals surface area (Å²) in [4.78, 5) is 0. The van der Waals surface area contributed by atoms with Crippen LogP contribution in [0.1, 0.15) is 58.2 Å². The maximum Gasteiger partial charge on any atom is 0.0810 e. The van der Waals surface area contributed by atoms with E-state index in [1.165, 1.54) is 25.7 Å². The topological polar surface area (TPSA) is 55.9 Å². The van der Waals surface area contributed by atoms with Gasteiger partial charge in [-0.05, 0) is 49.0 Å². The Labute approximate surface area is 116 Å². The Morgan fingerprint density at radius 1 is 1.32 bits per heavy atom. The molecule has 4 heteroatoms. The van der Waals surface area contributed by atoms with Crippen LogP contribution in [0.3, 0.4) is 0 Å². The van der Waals surface area contributed by atoms with E-state index in [1.807, 2.05) is 17.9 Å². The first-order chi connectivity index (χ1) is 8.91. The fourth-order valence-electron chi connectivity index (χ4n) is 3.38. The number of rotatable bonds is 3. The van der Waals surface area contributed by atoms with Gasteiger partial charge < -0.3 is 0 Å². The molecule has 0 spiro atoms. The van der Waals surface area contributed by atoms with Gasteiger partial charge in [0.1, 0.15) is 0 Å². The molecule has 1 aliphatic carbocycles. The molecule has 1 heterocycles. The van der Waals surface area contributed by atoms with Crippen LogP contribution in [-0.4, -0.2) is 9.78 Å². The van der Waals surface area contributed by atoms with Crippen molar-refractivity contribution in [3.05, 3.63) is 18.0 Å². The number of nitrogens with zero attached hydrogens (tertiary/aromatic N) is 2. The normalized spacial score (nSPS) is 26.4. The minimum absolute atomic E-state index is 0.196. The van der Waals surface area contributed by atoms with Gasteiger partial charge in [0.25, 0.3) is 0 Å². The second kappa shape index (κ2) is 5.63. The third-order valence-corrected chi connectivity index (χ3v) is 4.70. The molecule has 0 amide bonds. The lowest BCUT2D eigenvalue weighted by Gasteiger charge is -2.39. The van der Waals surface area contributed by atoms with Crippen molar-refractivity contribution >= 4 is 0 Å². The van der Waals surface area contributed by atoms with Crippen LogP contribution in [-0.2, 0) is 7.05 Å².